The Balaban J connectivity index is 3.06. The molecule has 0 atom stereocenters. The number of ether oxygens (including phenoxy) is 4. The summed E-state index contributed by atoms with van der Waals surface area (Å²) in [6, 6.07) is 0. The monoisotopic (exact) mass is 346 g/mol. The maximum Gasteiger partial charge on any atom is 0.305 e. The van der Waals surface area contributed by atoms with Crippen LogP contribution < -0.4 is 0 Å². The highest BCUT2D eigenvalue weighted by Gasteiger charge is 2.01. The molecule has 0 radical (unpaired) electrons. The van der Waals surface area contributed by atoms with Crippen molar-refractivity contribution in [3.05, 3.63) is 0 Å². The lowest BCUT2D eigenvalue weighted by Crippen LogP contribution is -2.14. The van der Waals surface area contributed by atoms with Crippen molar-refractivity contribution in [1.29, 1.82) is 0 Å². The molecular weight excluding hydrogens is 308 g/mol. The standard InChI is InChI=1S/C19H38O5/c1-3-5-7-8-10-12-21-13-14-22-15-16-23-17-18-24-19(20)11-9-6-4-2/h3-18H2,1-2H3. The van der Waals surface area contributed by atoms with Crippen LogP contribution in [-0.2, 0) is 23.7 Å². The number of carbonyl (C=O) groups excluding carboxylic acids is 1. The van der Waals surface area contributed by atoms with Gasteiger partial charge in [-0.3, -0.25) is 4.79 Å². The fourth-order valence-electron chi connectivity index (χ4n) is 2.16. The Kier molecular flexibility index (Phi) is 19.8. The van der Waals surface area contributed by atoms with E-state index in [4.69, 9.17) is 18.9 Å². The van der Waals surface area contributed by atoms with E-state index in [1.54, 1.807) is 0 Å². The molecule has 0 rings (SSSR count). The van der Waals surface area contributed by atoms with E-state index >= 15 is 0 Å². The van der Waals surface area contributed by atoms with E-state index in [0.717, 1.165) is 32.3 Å². The second kappa shape index (κ2) is 20.4. The zero-order valence-electron chi connectivity index (χ0n) is 15.9. The van der Waals surface area contributed by atoms with Crippen LogP contribution in [0.2, 0.25) is 0 Å². The zero-order chi connectivity index (χ0) is 17.7. The van der Waals surface area contributed by atoms with Crippen LogP contribution in [0.4, 0.5) is 0 Å². The second-order valence-electron chi connectivity index (χ2n) is 5.93. The topological polar surface area (TPSA) is 54.0 Å². The molecule has 0 bridgehead atoms. The van der Waals surface area contributed by atoms with Gasteiger partial charge in [-0.2, -0.15) is 0 Å². The Hall–Kier alpha value is -0.650. The van der Waals surface area contributed by atoms with Gasteiger partial charge in [0.15, 0.2) is 0 Å². The van der Waals surface area contributed by atoms with Gasteiger partial charge in [0, 0.05) is 13.0 Å². The predicted molar refractivity (Wildman–Crippen MR) is 96.3 cm³/mol. The molecule has 0 aliphatic rings. The van der Waals surface area contributed by atoms with E-state index in [0.29, 0.717) is 46.1 Å². The van der Waals surface area contributed by atoms with Crippen LogP contribution in [0.25, 0.3) is 0 Å². The molecule has 0 amide bonds. The summed E-state index contributed by atoms with van der Waals surface area (Å²) in [4.78, 5) is 11.3. The average Bonchev–Trinajstić information content (AvgIpc) is 2.58. The molecule has 0 spiro atoms. The number of unbranched alkanes of at least 4 members (excludes halogenated alkanes) is 6. The molecule has 0 saturated heterocycles. The minimum absolute atomic E-state index is 0.129. The average molecular weight is 347 g/mol. The first-order valence-electron chi connectivity index (χ1n) is 9.70. The van der Waals surface area contributed by atoms with Gasteiger partial charge in [-0.25, -0.2) is 0 Å². The molecule has 0 aromatic heterocycles. The van der Waals surface area contributed by atoms with E-state index in [9.17, 15) is 4.79 Å². The van der Waals surface area contributed by atoms with E-state index < -0.39 is 0 Å². The summed E-state index contributed by atoms with van der Waals surface area (Å²) in [5.74, 6) is -0.129. The van der Waals surface area contributed by atoms with Crippen LogP contribution in [-0.4, -0.2) is 52.2 Å². The molecule has 0 fully saturated rings. The largest absolute Gasteiger partial charge is 0.463 e. The van der Waals surface area contributed by atoms with Crippen LogP contribution in [0.5, 0.6) is 0 Å². The first-order chi connectivity index (χ1) is 11.8. The summed E-state index contributed by atoms with van der Waals surface area (Å²) < 4.78 is 21.3. The molecule has 0 aliphatic heterocycles. The smallest absolute Gasteiger partial charge is 0.305 e. The lowest BCUT2D eigenvalue weighted by molar-refractivity contribution is -0.145. The summed E-state index contributed by atoms with van der Waals surface area (Å²) in [6.45, 7) is 8.22. The minimum atomic E-state index is -0.129. The van der Waals surface area contributed by atoms with Gasteiger partial charge < -0.3 is 18.9 Å². The van der Waals surface area contributed by atoms with Gasteiger partial charge in [0.25, 0.3) is 0 Å². The van der Waals surface area contributed by atoms with E-state index in [1.807, 2.05) is 0 Å². The third-order valence-electron chi connectivity index (χ3n) is 3.61. The highest BCUT2D eigenvalue weighted by molar-refractivity contribution is 5.69. The molecule has 0 saturated carbocycles. The molecule has 0 aliphatic carbocycles. The molecule has 0 aromatic carbocycles. The van der Waals surface area contributed by atoms with Crippen LogP contribution in [0, 0.1) is 0 Å². The van der Waals surface area contributed by atoms with Crippen molar-refractivity contribution in [2.75, 3.05) is 46.2 Å². The Morgan fingerprint density at radius 2 is 1.08 bits per heavy atom. The number of hydrogen-bond donors (Lipinski definition) is 0. The van der Waals surface area contributed by atoms with Gasteiger partial charge in [-0.15, -0.1) is 0 Å². The minimum Gasteiger partial charge on any atom is -0.463 e. The Bertz CT molecular complexity index is 258. The molecule has 144 valence electrons. The zero-order valence-corrected chi connectivity index (χ0v) is 15.9. The second-order valence-corrected chi connectivity index (χ2v) is 5.93. The van der Waals surface area contributed by atoms with Gasteiger partial charge in [-0.05, 0) is 12.8 Å². The molecule has 5 heteroatoms. The van der Waals surface area contributed by atoms with Crippen molar-refractivity contribution in [2.45, 2.75) is 71.6 Å². The fraction of sp³-hybridized carbons (Fsp3) is 0.947. The van der Waals surface area contributed by atoms with Crippen molar-refractivity contribution in [3.63, 3.8) is 0 Å². The van der Waals surface area contributed by atoms with Gasteiger partial charge in [0.1, 0.15) is 6.61 Å². The van der Waals surface area contributed by atoms with Crippen molar-refractivity contribution in [3.8, 4) is 0 Å². The van der Waals surface area contributed by atoms with Crippen LogP contribution in [0.1, 0.15) is 71.6 Å². The molecule has 0 unspecified atom stereocenters. The molecule has 0 N–H and O–H groups in total. The summed E-state index contributed by atoms with van der Waals surface area (Å²) in [7, 11) is 0. The number of carbonyl (C=O) groups is 1. The van der Waals surface area contributed by atoms with Crippen LogP contribution in [0.15, 0.2) is 0 Å². The quantitative estimate of drug-likeness (QED) is 0.260. The van der Waals surface area contributed by atoms with E-state index in [-0.39, 0.29) is 5.97 Å². The summed E-state index contributed by atoms with van der Waals surface area (Å²) >= 11 is 0. The summed E-state index contributed by atoms with van der Waals surface area (Å²) in [6.07, 6.45) is 9.90. The maximum absolute atomic E-state index is 11.3. The third-order valence-corrected chi connectivity index (χ3v) is 3.61. The normalized spacial score (nSPS) is 10.9. The van der Waals surface area contributed by atoms with Crippen molar-refractivity contribution >= 4 is 5.97 Å². The first kappa shape index (κ1) is 23.4. The lowest BCUT2D eigenvalue weighted by Gasteiger charge is -2.07. The van der Waals surface area contributed by atoms with Gasteiger partial charge in [0.2, 0.25) is 0 Å². The van der Waals surface area contributed by atoms with Crippen molar-refractivity contribution in [2.24, 2.45) is 0 Å². The highest BCUT2D eigenvalue weighted by atomic mass is 16.6. The Morgan fingerprint density at radius 1 is 0.583 bits per heavy atom. The van der Waals surface area contributed by atoms with Crippen LogP contribution >= 0.6 is 0 Å². The van der Waals surface area contributed by atoms with Gasteiger partial charge >= 0.3 is 5.97 Å². The first-order valence-corrected chi connectivity index (χ1v) is 9.70. The van der Waals surface area contributed by atoms with Crippen molar-refractivity contribution in [1.82, 2.24) is 0 Å². The lowest BCUT2D eigenvalue weighted by atomic mass is 10.2. The van der Waals surface area contributed by atoms with Crippen LogP contribution in [0.3, 0.4) is 0 Å². The number of hydrogen-bond acceptors (Lipinski definition) is 5. The van der Waals surface area contributed by atoms with Crippen molar-refractivity contribution < 1.29 is 23.7 Å². The number of esters is 1. The molecule has 0 heterocycles. The predicted octanol–water partition coefficient (Wildman–Crippen LogP) is 4.13. The highest BCUT2D eigenvalue weighted by Crippen LogP contribution is 2.02. The van der Waals surface area contributed by atoms with E-state index in [2.05, 4.69) is 13.8 Å². The maximum atomic E-state index is 11.3. The van der Waals surface area contributed by atoms with Gasteiger partial charge in [-0.1, -0.05) is 52.4 Å². The SMILES string of the molecule is CCCCCCCOCCOCCOCCOC(=O)CCCCC. The summed E-state index contributed by atoms with van der Waals surface area (Å²) in [5, 5.41) is 0. The number of rotatable bonds is 19. The van der Waals surface area contributed by atoms with E-state index in [1.165, 1.54) is 25.7 Å². The third kappa shape index (κ3) is 19.4. The Morgan fingerprint density at radius 3 is 1.71 bits per heavy atom. The molecule has 24 heavy (non-hydrogen) atoms. The Labute approximate surface area is 148 Å². The summed E-state index contributed by atoms with van der Waals surface area (Å²) in [5.41, 5.74) is 0. The van der Waals surface area contributed by atoms with Gasteiger partial charge in [0.05, 0.1) is 33.0 Å². The molecule has 0 aromatic rings. The fourth-order valence-corrected chi connectivity index (χ4v) is 2.16. The molecule has 5 nitrogen and oxygen atoms in total. The molecular formula is C19H38O5.